The third kappa shape index (κ3) is 4.21. The predicted octanol–water partition coefficient (Wildman–Crippen LogP) is 1.90. The van der Waals surface area contributed by atoms with Crippen LogP contribution in [-0.4, -0.2) is 25.1 Å². The molecule has 0 spiro atoms. The largest absolute Gasteiger partial charge is 0.497 e. The summed E-state index contributed by atoms with van der Waals surface area (Å²) in [5.41, 5.74) is 0.957. The number of nitrogens with one attached hydrogen (secondary N) is 1. The van der Waals surface area contributed by atoms with E-state index < -0.39 is 6.10 Å². The highest BCUT2D eigenvalue weighted by Crippen LogP contribution is 2.38. The van der Waals surface area contributed by atoms with Crippen molar-refractivity contribution in [1.29, 1.82) is 0 Å². The summed E-state index contributed by atoms with van der Waals surface area (Å²) in [4.78, 5) is 23.5. The van der Waals surface area contributed by atoms with E-state index in [1.54, 1.807) is 14.0 Å². The number of amides is 1. The van der Waals surface area contributed by atoms with Crippen molar-refractivity contribution >= 4 is 11.9 Å². The number of carbonyl (C=O) groups excluding carboxylic acids is 2. The van der Waals surface area contributed by atoms with Crippen molar-refractivity contribution in [3.05, 3.63) is 29.8 Å². The average Bonchev–Trinajstić information content (AvgIpc) is 3.22. The maximum absolute atomic E-state index is 11.9. The first-order valence-corrected chi connectivity index (χ1v) is 7.12. The first-order valence-electron chi connectivity index (χ1n) is 7.12. The van der Waals surface area contributed by atoms with Gasteiger partial charge in [-0.1, -0.05) is 19.1 Å². The summed E-state index contributed by atoms with van der Waals surface area (Å²) in [6.07, 6.45) is 0.0995. The molecule has 1 saturated carbocycles. The Balaban J connectivity index is 1.76. The minimum Gasteiger partial charge on any atom is -0.497 e. The first kappa shape index (κ1) is 15.4. The summed E-state index contributed by atoms with van der Waals surface area (Å²) >= 11 is 0. The number of benzene rings is 1. The molecular formula is C16H21NO4. The molecule has 1 amide bonds. The molecular weight excluding hydrogens is 270 g/mol. The molecule has 21 heavy (non-hydrogen) atoms. The van der Waals surface area contributed by atoms with Gasteiger partial charge in [-0.3, -0.25) is 9.59 Å². The van der Waals surface area contributed by atoms with Crippen molar-refractivity contribution in [2.24, 2.45) is 11.8 Å². The Hall–Kier alpha value is -2.04. The van der Waals surface area contributed by atoms with Crippen molar-refractivity contribution < 1.29 is 19.1 Å². The van der Waals surface area contributed by atoms with Gasteiger partial charge in [-0.15, -0.1) is 0 Å². The minimum absolute atomic E-state index is 0.0261. The molecule has 0 saturated heterocycles. The zero-order chi connectivity index (χ0) is 15.4. The average molecular weight is 291 g/mol. The molecule has 0 aliphatic heterocycles. The molecule has 1 aliphatic rings. The molecule has 5 heteroatoms. The molecule has 114 valence electrons. The van der Waals surface area contributed by atoms with Crippen molar-refractivity contribution in [3.63, 3.8) is 0 Å². The lowest BCUT2D eigenvalue weighted by molar-refractivity contribution is -0.156. The van der Waals surface area contributed by atoms with Crippen LogP contribution in [0.5, 0.6) is 5.75 Å². The Kier molecular flexibility index (Phi) is 4.83. The van der Waals surface area contributed by atoms with Crippen molar-refractivity contribution in [3.8, 4) is 5.75 Å². The molecule has 2 rings (SSSR count). The zero-order valence-corrected chi connectivity index (χ0v) is 12.6. The summed E-state index contributed by atoms with van der Waals surface area (Å²) < 4.78 is 10.2. The number of esters is 1. The van der Waals surface area contributed by atoms with Gasteiger partial charge in [0.15, 0.2) is 6.10 Å². The quantitative estimate of drug-likeness (QED) is 0.813. The van der Waals surface area contributed by atoms with Gasteiger partial charge in [0, 0.05) is 6.54 Å². The standard InChI is InChI=1S/C16H21NO4/c1-10-8-14(10)16(19)21-11(2)15(18)17-9-12-4-6-13(20-3)7-5-12/h4-7,10-11,14H,8-9H2,1-3H3,(H,17,18)/t10-,11+,14+/m1/s1. The van der Waals surface area contributed by atoms with Crippen LogP contribution in [0.25, 0.3) is 0 Å². The lowest BCUT2D eigenvalue weighted by Crippen LogP contribution is -2.35. The maximum atomic E-state index is 11.9. The van der Waals surface area contributed by atoms with Crippen LogP contribution in [0.1, 0.15) is 25.8 Å². The fourth-order valence-electron chi connectivity index (χ4n) is 2.04. The molecule has 0 unspecified atom stereocenters. The van der Waals surface area contributed by atoms with Crippen LogP contribution in [0.4, 0.5) is 0 Å². The van der Waals surface area contributed by atoms with Crippen molar-refractivity contribution in [1.82, 2.24) is 5.32 Å². The second-order valence-electron chi connectivity index (χ2n) is 5.46. The van der Waals surface area contributed by atoms with Gasteiger partial charge in [-0.2, -0.15) is 0 Å². The second-order valence-corrected chi connectivity index (χ2v) is 5.46. The van der Waals surface area contributed by atoms with Gasteiger partial charge in [0.25, 0.3) is 5.91 Å². The van der Waals surface area contributed by atoms with Gasteiger partial charge < -0.3 is 14.8 Å². The van der Waals surface area contributed by atoms with E-state index >= 15 is 0 Å². The molecule has 1 aromatic rings. The highest BCUT2D eigenvalue weighted by Gasteiger charge is 2.41. The molecule has 0 aromatic heterocycles. The Labute approximate surface area is 124 Å². The summed E-state index contributed by atoms with van der Waals surface area (Å²) in [6, 6.07) is 7.42. The van der Waals surface area contributed by atoms with E-state index in [1.165, 1.54) is 0 Å². The third-order valence-electron chi connectivity index (χ3n) is 3.70. The number of hydrogen-bond acceptors (Lipinski definition) is 4. The van der Waals surface area contributed by atoms with E-state index in [-0.39, 0.29) is 17.8 Å². The second kappa shape index (κ2) is 6.61. The molecule has 0 bridgehead atoms. The molecule has 5 nitrogen and oxygen atoms in total. The predicted molar refractivity (Wildman–Crippen MR) is 77.7 cm³/mol. The van der Waals surface area contributed by atoms with E-state index in [4.69, 9.17) is 9.47 Å². The van der Waals surface area contributed by atoms with Crippen LogP contribution in [0.15, 0.2) is 24.3 Å². The fraction of sp³-hybridized carbons (Fsp3) is 0.500. The van der Waals surface area contributed by atoms with Gasteiger partial charge in [0.05, 0.1) is 13.0 Å². The minimum atomic E-state index is -0.761. The number of methoxy groups -OCH3 is 1. The van der Waals surface area contributed by atoms with Crippen LogP contribution in [-0.2, 0) is 20.9 Å². The van der Waals surface area contributed by atoms with E-state index in [1.807, 2.05) is 31.2 Å². The molecule has 1 aliphatic carbocycles. The molecule has 1 aromatic carbocycles. The number of carbonyl (C=O) groups is 2. The van der Waals surface area contributed by atoms with Crippen LogP contribution < -0.4 is 10.1 Å². The van der Waals surface area contributed by atoms with Crippen LogP contribution in [0.2, 0.25) is 0 Å². The van der Waals surface area contributed by atoms with Gasteiger partial charge in [-0.05, 0) is 37.0 Å². The third-order valence-corrected chi connectivity index (χ3v) is 3.70. The topological polar surface area (TPSA) is 64.6 Å². The molecule has 0 radical (unpaired) electrons. The monoisotopic (exact) mass is 291 g/mol. The molecule has 1 N–H and O–H groups in total. The smallest absolute Gasteiger partial charge is 0.309 e. The maximum Gasteiger partial charge on any atom is 0.309 e. The molecule has 0 heterocycles. The van der Waals surface area contributed by atoms with Gasteiger partial charge >= 0.3 is 5.97 Å². The summed E-state index contributed by atoms with van der Waals surface area (Å²) in [6.45, 7) is 3.99. The SMILES string of the molecule is COc1ccc(CNC(=O)[C@H](C)OC(=O)[C@H]2C[C@H]2C)cc1. The summed E-state index contributed by atoms with van der Waals surface area (Å²) in [7, 11) is 1.60. The molecule has 3 atom stereocenters. The Morgan fingerprint density at radius 3 is 2.48 bits per heavy atom. The van der Waals surface area contributed by atoms with Gasteiger partial charge in [-0.25, -0.2) is 0 Å². The van der Waals surface area contributed by atoms with Crippen molar-refractivity contribution in [2.45, 2.75) is 32.9 Å². The van der Waals surface area contributed by atoms with Gasteiger partial charge in [0.2, 0.25) is 0 Å². The number of hydrogen-bond donors (Lipinski definition) is 1. The van der Waals surface area contributed by atoms with Crippen molar-refractivity contribution in [2.75, 3.05) is 7.11 Å². The normalized spacial score (nSPS) is 21.3. The highest BCUT2D eigenvalue weighted by atomic mass is 16.5. The number of ether oxygens (including phenoxy) is 2. The Bertz CT molecular complexity index is 512. The lowest BCUT2D eigenvalue weighted by atomic mass is 10.2. The van der Waals surface area contributed by atoms with Gasteiger partial charge in [0.1, 0.15) is 5.75 Å². The Morgan fingerprint density at radius 1 is 1.33 bits per heavy atom. The van der Waals surface area contributed by atoms with E-state index in [0.29, 0.717) is 12.5 Å². The van der Waals surface area contributed by atoms with E-state index in [0.717, 1.165) is 17.7 Å². The van der Waals surface area contributed by atoms with E-state index in [9.17, 15) is 9.59 Å². The van der Waals surface area contributed by atoms with E-state index in [2.05, 4.69) is 5.32 Å². The summed E-state index contributed by atoms with van der Waals surface area (Å²) in [5, 5.41) is 2.76. The highest BCUT2D eigenvalue weighted by molar-refractivity contribution is 5.84. The molecule has 1 fully saturated rings. The van der Waals surface area contributed by atoms with Crippen LogP contribution in [0.3, 0.4) is 0 Å². The fourth-order valence-corrected chi connectivity index (χ4v) is 2.04. The zero-order valence-electron chi connectivity index (χ0n) is 12.6. The Morgan fingerprint density at radius 2 is 1.95 bits per heavy atom. The van der Waals surface area contributed by atoms with Crippen LogP contribution >= 0.6 is 0 Å². The summed E-state index contributed by atoms with van der Waals surface area (Å²) in [5.74, 6) is 0.571. The first-order chi connectivity index (χ1) is 10.0. The lowest BCUT2D eigenvalue weighted by Gasteiger charge is -2.13. The van der Waals surface area contributed by atoms with Crippen LogP contribution in [0, 0.1) is 11.8 Å². The number of rotatable bonds is 6.